The molecule has 0 unspecified atom stereocenters. The highest BCUT2D eigenvalue weighted by atomic mass is 79.9. The topological polar surface area (TPSA) is 0 Å². The molecule has 0 aliphatic rings. The van der Waals surface area contributed by atoms with Gasteiger partial charge in [-0.15, -0.1) is 0 Å². The lowest BCUT2D eigenvalue weighted by Gasteiger charge is -2.07. The van der Waals surface area contributed by atoms with Crippen molar-refractivity contribution < 1.29 is 0 Å². The van der Waals surface area contributed by atoms with Gasteiger partial charge in [0.05, 0.1) is 0 Å². The van der Waals surface area contributed by atoms with Crippen molar-refractivity contribution in [2.75, 3.05) is 0 Å². The summed E-state index contributed by atoms with van der Waals surface area (Å²) in [7, 11) is 0. The monoisotopic (exact) mass is 324 g/mol. The third kappa shape index (κ3) is 7.77. The molecule has 0 bridgehead atoms. The van der Waals surface area contributed by atoms with Crippen LogP contribution >= 0.6 is 15.9 Å². The number of benzene rings is 1. The summed E-state index contributed by atoms with van der Waals surface area (Å²) in [6.07, 6.45) is 13.9. The summed E-state index contributed by atoms with van der Waals surface area (Å²) in [5.41, 5.74) is 2.99. The van der Waals surface area contributed by atoms with Gasteiger partial charge in [-0.1, -0.05) is 98.5 Å². The van der Waals surface area contributed by atoms with Gasteiger partial charge >= 0.3 is 0 Å². The Hall–Kier alpha value is -0.300. The minimum absolute atomic E-state index is 0.987. The second-order valence-corrected chi connectivity index (χ2v) is 6.04. The van der Waals surface area contributed by atoms with Gasteiger partial charge < -0.3 is 0 Å². The minimum Gasteiger partial charge on any atom is -0.0876 e. The van der Waals surface area contributed by atoms with Crippen LogP contribution in [0.1, 0.15) is 75.8 Å². The van der Waals surface area contributed by atoms with Crippen molar-refractivity contribution in [2.45, 2.75) is 76.5 Å². The number of aryl methyl sites for hydroxylation is 1. The van der Waals surface area contributed by atoms with Gasteiger partial charge in [-0.2, -0.15) is 0 Å². The molecule has 108 valence electrons. The Kier molecular flexibility index (Phi) is 10.2. The fraction of sp³-hybridized carbons (Fsp3) is 0.667. The second kappa shape index (κ2) is 11.5. The first-order valence-electron chi connectivity index (χ1n) is 8.01. The van der Waals surface area contributed by atoms with Crippen LogP contribution in [-0.2, 0) is 11.8 Å². The standard InChI is InChI=1S/C18H29Br/c1-2-3-4-5-6-7-8-9-10-13-17-14-11-12-15-18(17)16-19/h11-12,14-15H,2-10,13,16H2,1H3. The molecule has 0 saturated carbocycles. The maximum atomic E-state index is 3.57. The van der Waals surface area contributed by atoms with Crippen LogP contribution < -0.4 is 0 Å². The predicted octanol–water partition coefficient (Wildman–Crippen LogP) is 6.65. The highest BCUT2D eigenvalue weighted by molar-refractivity contribution is 9.08. The summed E-state index contributed by atoms with van der Waals surface area (Å²) in [5, 5.41) is 0.987. The van der Waals surface area contributed by atoms with Gasteiger partial charge in [0.15, 0.2) is 0 Å². The Labute approximate surface area is 128 Å². The first-order valence-corrected chi connectivity index (χ1v) is 9.13. The van der Waals surface area contributed by atoms with E-state index in [1.807, 2.05) is 0 Å². The van der Waals surface area contributed by atoms with Crippen LogP contribution in [0.25, 0.3) is 0 Å². The summed E-state index contributed by atoms with van der Waals surface area (Å²) in [6, 6.07) is 8.81. The molecule has 0 spiro atoms. The number of hydrogen-bond acceptors (Lipinski definition) is 0. The lowest BCUT2D eigenvalue weighted by Crippen LogP contribution is -1.91. The van der Waals surface area contributed by atoms with Crippen molar-refractivity contribution in [3.63, 3.8) is 0 Å². The average molecular weight is 325 g/mol. The molecule has 0 fully saturated rings. The van der Waals surface area contributed by atoms with Crippen molar-refractivity contribution in [1.29, 1.82) is 0 Å². The summed E-state index contributed by atoms with van der Waals surface area (Å²) >= 11 is 3.57. The van der Waals surface area contributed by atoms with E-state index in [-0.39, 0.29) is 0 Å². The molecule has 0 heterocycles. The van der Waals surface area contributed by atoms with Gasteiger partial charge in [0.25, 0.3) is 0 Å². The third-order valence-corrected chi connectivity index (χ3v) is 4.42. The summed E-state index contributed by atoms with van der Waals surface area (Å²) < 4.78 is 0. The average Bonchev–Trinajstić information content (AvgIpc) is 2.46. The zero-order chi connectivity index (χ0) is 13.8. The van der Waals surface area contributed by atoms with E-state index < -0.39 is 0 Å². The van der Waals surface area contributed by atoms with Gasteiger partial charge in [0.2, 0.25) is 0 Å². The van der Waals surface area contributed by atoms with Gasteiger partial charge in [-0.05, 0) is 24.0 Å². The van der Waals surface area contributed by atoms with E-state index in [0.717, 1.165) is 5.33 Å². The van der Waals surface area contributed by atoms with Gasteiger partial charge in [-0.25, -0.2) is 0 Å². The van der Waals surface area contributed by atoms with E-state index in [9.17, 15) is 0 Å². The molecule has 1 aromatic rings. The molecule has 0 nitrogen and oxygen atoms in total. The van der Waals surface area contributed by atoms with Crippen LogP contribution in [0, 0.1) is 0 Å². The SMILES string of the molecule is CCCCCCCCCCCc1ccccc1CBr. The van der Waals surface area contributed by atoms with Gasteiger partial charge in [0.1, 0.15) is 0 Å². The van der Waals surface area contributed by atoms with Crippen LogP contribution in [-0.4, -0.2) is 0 Å². The first-order chi connectivity index (χ1) is 9.38. The van der Waals surface area contributed by atoms with E-state index >= 15 is 0 Å². The number of halogens is 1. The summed E-state index contributed by atoms with van der Waals surface area (Å²) in [4.78, 5) is 0. The van der Waals surface area contributed by atoms with E-state index in [0.29, 0.717) is 0 Å². The van der Waals surface area contributed by atoms with E-state index in [1.54, 1.807) is 0 Å². The molecular formula is C18H29Br. The third-order valence-electron chi connectivity index (χ3n) is 3.81. The summed E-state index contributed by atoms with van der Waals surface area (Å²) in [5.74, 6) is 0. The van der Waals surface area contributed by atoms with E-state index in [1.165, 1.54) is 75.3 Å². The largest absolute Gasteiger partial charge is 0.0876 e. The quantitative estimate of drug-likeness (QED) is 0.315. The van der Waals surface area contributed by atoms with E-state index in [2.05, 4.69) is 47.1 Å². The second-order valence-electron chi connectivity index (χ2n) is 5.48. The molecule has 0 atom stereocenters. The molecular weight excluding hydrogens is 296 g/mol. The maximum absolute atomic E-state index is 3.57. The number of alkyl halides is 1. The van der Waals surface area contributed by atoms with Gasteiger partial charge in [0, 0.05) is 5.33 Å². The Balaban J connectivity index is 2.01. The fourth-order valence-electron chi connectivity index (χ4n) is 2.56. The molecule has 1 rings (SSSR count). The van der Waals surface area contributed by atoms with Crippen LogP contribution in [0.2, 0.25) is 0 Å². The van der Waals surface area contributed by atoms with Crippen LogP contribution in [0.5, 0.6) is 0 Å². The normalized spacial score (nSPS) is 10.8. The lowest BCUT2D eigenvalue weighted by atomic mass is 10.0. The predicted molar refractivity (Wildman–Crippen MR) is 90.0 cm³/mol. The molecule has 0 N–H and O–H groups in total. The molecule has 19 heavy (non-hydrogen) atoms. The molecule has 0 amide bonds. The first kappa shape index (κ1) is 16.8. The highest BCUT2D eigenvalue weighted by Gasteiger charge is 2.00. The maximum Gasteiger partial charge on any atom is 0.0285 e. The van der Waals surface area contributed by atoms with Crippen LogP contribution in [0.15, 0.2) is 24.3 Å². The molecule has 1 heteroatoms. The molecule has 0 aliphatic heterocycles. The number of rotatable bonds is 11. The smallest absolute Gasteiger partial charge is 0.0285 e. The zero-order valence-electron chi connectivity index (χ0n) is 12.5. The van der Waals surface area contributed by atoms with Gasteiger partial charge in [-0.3, -0.25) is 0 Å². The zero-order valence-corrected chi connectivity index (χ0v) is 14.1. The van der Waals surface area contributed by atoms with Crippen molar-refractivity contribution >= 4 is 15.9 Å². The number of hydrogen-bond donors (Lipinski definition) is 0. The van der Waals surface area contributed by atoms with Crippen LogP contribution in [0.4, 0.5) is 0 Å². The Bertz CT molecular complexity index is 319. The Morgan fingerprint density at radius 3 is 1.84 bits per heavy atom. The molecule has 0 radical (unpaired) electrons. The Morgan fingerprint density at radius 2 is 1.26 bits per heavy atom. The van der Waals surface area contributed by atoms with Crippen molar-refractivity contribution in [1.82, 2.24) is 0 Å². The fourth-order valence-corrected chi connectivity index (χ4v) is 3.10. The number of unbranched alkanes of at least 4 members (excludes halogenated alkanes) is 8. The summed E-state index contributed by atoms with van der Waals surface area (Å²) in [6.45, 7) is 2.28. The minimum atomic E-state index is 0.987. The van der Waals surface area contributed by atoms with Crippen molar-refractivity contribution in [3.05, 3.63) is 35.4 Å². The van der Waals surface area contributed by atoms with Crippen molar-refractivity contribution in [3.8, 4) is 0 Å². The van der Waals surface area contributed by atoms with Crippen LogP contribution in [0.3, 0.4) is 0 Å². The van der Waals surface area contributed by atoms with E-state index in [4.69, 9.17) is 0 Å². The molecule has 0 saturated heterocycles. The molecule has 1 aromatic carbocycles. The highest BCUT2D eigenvalue weighted by Crippen LogP contribution is 2.16. The Morgan fingerprint density at radius 1 is 0.737 bits per heavy atom. The molecule has 0 aromatic heterocycles. The lowest BCUT2D eigenvalue weighted by molar-refractivity contribution is 0.564. The molecule has 0 aliphatic carbocycles. The van der Waals surface area contributed by atoms with Crippen molar-refractivity contribution in [2.24, 2.45) is 0 Å².